The third kappa shape index (κ3) is 3.52. The standard InChI is InChI=1S/C11H19N3S/c1-2-3-4-5-8-15-14-9-12-11(13-14)10-6-7-10/h9-10H,2-8H2,1H3. The minimum absolute atomic E-state index is 0.673. The van der Waals surface area contributed by atoms with Crippen LogP contribution in [0.1, 0.15) is 57.2 Å². The molecular formula is C11H19N3S. The maximum absolute atomic E-state index is 4.46. The summed E-state index contributed by atoms with van der Waals surface area (Å²) in [6.07, 6.45) is 9.71. The first-order valence-electron chi connectivity index (χ1n) is 5.95. The molecule has 1 fully saturated rings. The quantitative estimate of drug-likeness (QED) is 0.667. The van der Waals surface area contributed by atoms with E-state index in [-0.39, 0.29) is 0 Å². The zero-order valence-corrected chi connectivity index (χ0v) is 10.2. The molecule has 0 radical (unpaired) electrons. The van der Waals surface area contributed by atoms with E-state index in [1.807, 2.05) is 10.4 Å². The fourth-order valence-electron chi connectivity index (χ4n) is 1.54. The van der Waals surface area contributed by atoms with Crippen LogP contribution >= 0.6 is 11.9 Å². The van der Waals surface area contributed by atoms with Crippen LogP contribution < -0.4 is 0 Å². The SMILES string of the molecule is CCCCCCSn1cnc(C2CC2)n1. The van der Waals surface area contributed by atoms with Crippen molar-refractivity contribution in [2.75, 3.05) is 5.75 Å². The molecule has 1 aromatic heterocycles. The predicted octanol–water partition coefficient (Wildman–Crippen LogP) is 3.23. The summed E-state index contributed by atoms with van der Waals surface area (Å²) in [6.45, 7) is 2.24. The van der Waals surface area contributed by atoms with Gasteiger partial charge in [-0.3, -0.25) is 0 Å². The summed E-state index contributed by atoms with van der Waals surface area (Å²) in [5, 5.41) is 4.46. The molecule has 4 heteroatoms. The largest absolute Gasteiger partial charge is 0.219 e. The molecule has 1 heterocycles. The molecule has 84 valence electrons. The lowest BCUT2D eigenvalue weighted by Gasteiger charge is -1.99. The van der Waals surface area contributed by atoms with Gasteiger partial charge >= 0.3 is 0 Å². The minimum Gasteiger partial charge on any atom is -0.219 e. The summed E-state index contributed by atoms with van der Waals surface area (Å²) >= 11 is 1.78. The number of unbranched alkanes of at least 4 members (excludes halogenated alkanes) is 3. The van der Waals surface area contributed by atoms with Gasteiger partial charge in [0.2, 0.25) is 0 Å². The van der Waals surface area contributed by atoms with Crippen LogP contribution in [0.4, 0.5) is 0 Å². The van der Waals surface area contributed by atoms with Crippen LogP contribution in [0.25, 0.3) is 0 Å². The van der Waals surface area contributed by atoms with Crippen LogP contribution in [0.5, 0.6) is 0 Å². The van der Waals surface area contributed by atoms with Crippen molar-refractivity contribution < 1.29 is 0 Å². The van der Waals surface area contributed by atoms with E-state index in [9.17, 15) is 0 Å². The molecule has 15 heavy (non-hydrogen) atoms. The number of nitrogens with zero attached hydrogens (tertiary/aromatic N) is 3. The molecule has 0 bridgehead atoms. The topological polar surface area (TPSA) is 30.7 Å². The first-order chi connectivity index (χ1) is 7.40. The Kier molecular flexibility index (Phi) is 4.06. The first-order valence-corrected chi connectivity index (χ1v) is 6.89. The van der Waals surface area contributed by atoms with Crippen molar-refractivity contribution in [1.82, 2.24) is 14.2 Å². The molecule has 1 saturated carbocycles. The molecule has 0 aliphatic heterocycles. The highest BCUT2D eigenvalue weighted by Gasteiger charge is 2.27. The normalized spacial score (nSPS) is 15.8. The highest BCUT2D eigenvalue weighted by Crippen LogP contribution is 2.37. The van der Waals surface area contributed by atoms with Gasteiger partial charge in [-0.05, 0) is 31.2 Å². The number of hydrogen-bond acceptors (Lipinski definition) is 3. The lowest BCUT2D eigenvalue weighted by Crippen LogP contribution is -1.92. The molecule has 2 rings (SSSR count). The summed E-state index contributed by atoms with van der Waals surface area (Å²) in [5.41, 5.74) is 0. The second kappa shape index (κ2) is 5.54. The van der Waals surface area contributed by atoms with Gasteiger partial charge in [0.25, 0.3) is 0 Å². The summed E-state index contributed by atoms with van der Waals surface area (Å²) in [4.78, 5) is 4.32. The van der Waals surface area contributed by atoms with E-state index in [1.165, 1.54) is 38.5 Å². The molecule has 0 saturated heterocycles. The van der Waals surface area contributed by atoms with Crippen LogP contribution in [-0.2, 0) is 0 Å². The van der Waals surface area contributed by atoms with Crippen LogP contribution in [0, 0.1) is 0 Å². The summed E-state index contributed by atoms with van der Waals surface area (Å²) in [6, 6.07) is 0. The average molecular weight is 225 g/mol. The summed E-state index contributed by atoms with van der Waals surface area (Å²) in [7, 11) is 0. The maximum atomic E-state index is 4.46. The van der Waals surface area contributed by atoms with Crippen molar-refractivity contribution in [2.45, 2.75) is 51.4 Å². The smallest absolute Gasteiger partial charge is 0.154 e. The Balaban J connectivity index is 1.64. The molecule has 1 aliphatic carbocycles. The Morgan fingerprint density at radius 3 is 3.00 bits per heavy atom. The fraction of sp³-hybridized carbons (Fsp3) is 0.818. The van der Waals surface area contributed by atoms with E-state index in [4.69, 9.17) is 0 Å². The lowest BCUT2D eigenvalue weighted by molar-refractivity contribution is 0.705. The molecular weight excluding hydrogens is 206 g/mol. The maximum Gasteiger partial charge on any atom is 0.154 e. The van der Waals surface area contributed by atoms with Crippen molar-refractivity contribution in [3.63, 3.8) is 0 Å². The Labute approximate surface area is 95.8 Å². The van der Waals surface area contributed by atoms with Crippen LogP contribution in [0.2, 0.25) is 0 Å². The molecule has 0 aromatic carbocycles. The van der Waals surface area contributed by atoms with E-state index in [1.54, 1.807) is 11.9 Å². The summed E-state index contributed by atoms with van der Waals surface area (Å²) < 4.78 is 1.93. The molecule has 1 aromatic rings. The highest BCUT2D eigenvalue weighted by molar-refractivity contribution is 7.97. The van der Waals surface area contributed by atoms with Gasteiger partial charge in [-0.25, -0.2) is 4.98 Å². The van der Waals surface area contributed by atoms with E-state index in [0.717, 1.165) is 11.6 Å². The van der Waals surface area contributed by atoms with E-state index in [0.29, 0.717) is 5.92 Å². The third-order valence-corrected chi connectivity index (χ3v) is 3.57. The van der Waals surface area contributed by atoms with Crippen molar-refractivity contribution >= 4 is 11.9 Å². The fourth-order valence-corrected chi connectivity index (χ4v) is 2.31. The Bertz CT molecular complexity index is 294. The van der Waals surface area contributed by atoms with Crippen molar-refractivity contribution in [1.29, 1.82) is 0 Å². The Morgan fingerprint density at radius 2 is 2.27 bits per heavy atom. The molecule has 0 amide bonds. The van der Waals surface area contributed by atoms with Gasteiger partial charge in [0.15, 0.2) is 5.82 Å². The van der Waals surface area contributed by atoms with Gasteiger partial charge in [0.05, 0.1) is 0 Å². The average Bonchev–Trinajstić information content (AvgIpc) is 2.99. The second-order valence-corrected chi connectivity index (χ2v) is 5.21. The van der Waals surface area contributed by atoms with Crippen LogP contribution in [0.15, 0.2) is 6.33 Å². The number of rotatable bonds is 7. The van der Waals surface area contributed by atoms with Gasteiger partial charge in [-0.2, -0.15) is 4.09 Å². The van der Waals surface area contributed by atoms with E-state index >= 15 is 0 Å². The van der Waals surface area contributed by atoms with Gasteiger partial charge in [-0.15, -0.1) is 5.10 Å². The van der Waals surface area contributed by atoms with Crippen molar-refractivity contribution in [3.05, 3.63) is 12.2 Å². The Morgan fingerprint density at radius 1 is 1.40 bits per heavy atom. The summed E-state index contributed by atoms with van der Waals surface area (Å²) in [5.74, 6) is 2.89. The zero-order chi connectivity index (χ0) is 10.5. The number of hydrogen-bond donors (Lipinski definition) is 0. The highest BCUT2D eigenvalue weighted by atomic mass is 32.2. The minimum atomic E-state index is 0.673. The van der Waals surface area contributed by atoms with Crippen molar-refractivity contribution in [3.8, 4) is 0 Å². The van der Waals surface area contributed by atoms with E-state index < -0.39 is 0 Å². The molecule has 0 N–H and O–H groups in total. The van der Waals surface area contributed by atoms with Gasteiger partial charge < -0.3 is 0 Å². The van der Waals surface area contributed by atoms with Crippen LogP contribution in [0.3, 0.4) is 0 Å². The monoisotopic (exact) mass is 225 g/mol. The lowest BCUT2D eigenvalue weighted by atomic mass is 10.2. The Hall–Kier alpha value is -0.510. The first kappa shape index (κ1) is 11.0. The molecule has 0 unspecified atom stereocenters. The molecule has 0 atom stereocenters. The molecule has 1 aliphatic rings. The molecule has 3 nitrogen and oxygen atoms in total. The van der Waals surface area contributed by atoms with Gasteiger partial charge in [-0.1, -0.05) is 26.2 Å². The van der Waals surface area contributed by atoms with Gasteiger partial charge in [0.1, 0.15) is 6.33 Å². The van der Waals surface area contributed by atoms with Crippen molar-refractivity contribution in [2.24, 2.45) is 0 Å². The third-order valence-electron chi connectivity index (χ3n) is 2.65. The second-order valence-electron chi connectivity index (χ2n) is 4.17. The van der Waals surface area contributed by atoms with Gasteiger partial charge in [0, 0.05) is 11.7 Å². The van der Waals surface area contributed by atoms with E-state index in [2.05, 4.69) is 17.0 Å². The van der Waals surface area contributed by atoms with Crippen LogP contribution in [-0.4, -0.2) is 19.9 Å². The zero-order valence-electron chi connectivity index (χ0n) is 9.35. The predicted molar refractivity (Wildman–Crippen MR) is 64.0 cm³/mol. The molecule has 0 spiro atoms. The number of aromatic nitrogens is 3.